The number of carbonyl (C=O) groups excluding carboxylic acids is 2. The van der Waals surface area contributed by atoms with Gasteiger partial charge in [-0.25, -0.2) is 19.7 Å². The molecular formula is C27H24ClN7O4S. The van der Waals surface area contributed by atoms with Crippen LogP contribution in [0.5, 0.6) is 0 Å². The molecule has 1 aliphatic rings. The maximum absolute atomic E-state index is 13.4. The van der Waals surface area contributed by atoms with Gasteiger partial charge in [-0.3, -0.25) is 9.59 Å². The summed E-state index contributed by atoms with van der Waals surface area (Å²) >= 11 is 7.52. The molecule has 5 heterocycles. The van der Waals surface area contributed by atoms with Gasteiger partial charge in [-0.2, -0.15) is 0 Å². The fourth-order valence-electron chi connectivity index (χ4n) is 4.76. The predicted octanol–water partition coefficient (Wildman–Crippen LogP) is 3.91. The van der Waals surface area contributed by atoms with Crippen molar-refractivity contribution in [1.29, 1.82) is 0 Å². The largest absolute Gasteiger partial charge is 0.451 e. The first-order valence-corrected chi connectivity index (χ1v) is 13.7. The van der Waals surface area contributed by atoms with Crippen molar-refractivity contribution < 1.29 is 14.3 Å². The standard InChI is InChI=1S/C27H24ClN7O4S/c1-33(2)25(37)12-39-27(38)23-8-16(13-40-23)20-11-29-26(31-20)22-6-4-18-7-15(9-24(36)35(18)22)19-10-17(28)3-5-21(19)34-14-30-32-34/h3,5,7-11,13-14,22,32H,4,6,12H2,1-2H3,(H,29,31)/t22-/m0/s1. The maximum Gasteiger partial charge on any atom is 0.348 e. The van der Waals surface area contributed by atoms with Crippen LogP contribution < -0.4 is 5.56 Å². The lowest BCUT2D eigenvalue weighted by molar-refractivity contribution is -0.131. The Hall–Kier alpha value is -4.42. The number of carbonyl (C=O) groups is 2. The summed E-state index contributed by atoms with van der Waals surface area (Å²) in [5, 5.41) is 9.16. The lowest BCUT2D eigenvalue weighted by Gasteiger charge is -2.16. The van der Waals surface area contributed by atoms with Gasteiger partial charge in [-0.15, -0.1) is 16.4 Å². The van der Waals surface area contributed by atoms with Gasteiger partial charge in [0.05, 0.1) is 23.6 Å². The number of imidazole rings is 1. The SMILES string of the molecule is CN(C)C(=O)COC(=O)c1cc(-c2cnc([C@@H]3CCc4cc(-c5cc(Cl)ccc5-n5cn[nH]5)cc(=O)n43)[nH]2)cs1. The van der Waals surface area contributed by atoms with E-state index in [1.807, 2.05) is 23.6 Å². The molecule has 0 saturated carbocycles. The second kappa shape index (κ2) is 10.3. The summed E-state index contributed by atoms with van der Waals surface area (Å²) in [5.41, 5.74) is 4.73. The number of fused-ring (bicyclic) bond motifs is 1. The van der Waals surface area contributed by atoms with Crippen LogP contribution in [-0.2, 0) is 16.0 Å². The minimum Gasteiger partial charge on any atom is -0.451 e. The highest BCUT2D eigenvalue weighted by Crippen LogP contribution is 2.35. The molecule has 6 rings (SSSR count). The highest BCUT2D eigenvalue weighted by atomic mass is 35.5. The van der Waals surface area contributed by atoms with E-state index in [0.717, 1.165) is 40.2 Å². The van der Waals surface area contributed by atoms with Crippen molar-refractivity contribution in [3.05, 3.63) is 86.1 Å². The zero-order chi connectivity index (χ0) is 28.0. The topological polar surface area (TPSA) is 131 Å². The van der Waals surface area contributed by atoms with Crippen LogP contribution in [0.25, 0.3) is 28.1 Å². The molecule has 0 fully saturated rings. The first-order valence-electron chi connectivity index (χ1n) is 12.4. The number of benzene rings is 1. The quantitative estimate of drug-likeness (QED) is 0.282. The number of aromatic nitrogens is 6. The Morgan fingerprint density at radius 1 is 1.20 bits per heavy atom. The molecule has 0 bridgehead atoms. The van der Waals surface area contributed by atoms with E-state index in [0.29, 0.717) is 22.1 Å². The second-order valence-corrected chi connectivity index (χ2v) is 11.0. The van der Waals surface area contributed by atoms with E-state index >= 15 is 0 Å². The molecule has 204 valence electrons. The van der Waals surface area contributed by atoms with Crippen LogP contribution in [0.2, 0.25) is 5.02 Å². The van der Waals surface area contributed by atoms with Gasteiger partial charge >= 0.3 is 5.97 Å². The van der Waals surface area contributed by atoms with Gasteiger partial charge in [0, 0.05) is 47.4 Å². The van der Waals surface area contributed by atoms with Crippen LogP contribution in [0.4, 0.5) is 0 Å². The molecule has 0 radical (unpaired) electrons. The lowest BCUT2D eigenvalue weighted by atomic mass is 10.0. The van der Waals surface area contributed by atoms with Crippen molar-refractivity contribution in [3.63, 3.8) is 0 Å². The van der Waals surface area contributed by atoms with E-state index in [-0.39, 0.29) is 24.1 Å². The number of amides is 1. The molecule has 11 nitrogen and oxygen atoms in total. The van der Waals surface area contributed by atoms with Crippen molar-refractivity contribution in [1.82, 2.24) is 34.4 Å². The van der Waals surface area contributed by atoms with Crippen LogP contribution in [0, 0.1) is 0 Å². The summed E-state index contributed by atoms with van der Waals surface area (Å²) in [6.45, 7) is -0.313. The molecule has 2 N–H and O–H groups in total. The van der Waals surface area contributed by atoms with E-state index in [1.165, 1.54) is 16.2 Å². The highest BCUT2D eigenvalue weighted by molar-refractivity contribution is 7.12. The average molecular weight is 578 g/mol. The monoisotopic (exact) mass is 577 g/mol. The van der Waals surface area contributed by atoms with Gasteiger partial charge in [-0.1, -0.05) is 11.6 Å². The van der Waals surface area contributed by atoms with Gasteiger partial charge < -0.3 is 19.2 Å². The Morgan fingerprint density at radius 3 is 2.77 bits per heavy atom. The number of aryl methyl sites for hydroxylation is 1. The Labute approximate surface area is 237 Å². The number of rotatable bonds is 7. The van der Waals surface area contributed by atoms with Crippen LogP contribution >= 0.6 is 22.9 Å². The average Bonchev–Trinajstić information content (AvgIpc) is 3.66. The molecule has 1 aromatic carbocycles. The van der Waals surface area contributed by atoms with Crippen LogP contribution in [0.3, 0.4) is 0 Å². The molecule has 1 aliphatic heterocycles. The van der Waals surface area contributed by atoms with Gasteiger partial charge in [0.15, 0.2) is 6.61 Å². The third-order valence-corrected chi connectivity index (χ3v) is 7.99. The molecule has 0 unspecified atom stereocenters. The number of ether oxygens (including phenoxy) is 1. The van der Waals surface area contributed by atoms with Gasteiger partial charge in [0.2, 0.25) is 0 Å². The minimum absolute atomic E-state index is 0.128. The van der Waals surface area contributed by atoms with Gasteiger partial charge in [0.1, 0.15) is 17.0 Å². The summed E-state index contributed by atoms with van der Waals surface area (Å²) in [6, 6.07) is 10.6. The lowest BCUT2D eigenvalue weighted by Crippen LogP contribution is -2.27. The number of esters is 1. The number of nitrogens with one attached hydrogen (secondary N) is 2. The molecule has 4 aromatic heterocycles. The van der Waals surface area contributed by atoms with Crippen LogP contribution in [-0.4, -0.2) is 67.0 Å². The van der Waals surface area contributed by atoms with Crippen molar-refractivity contribution in [2.75, 3.05) is 20.7 Å². The van der Waals surface area contributed by atoms with E-state index in [2.05, 4.69) is 20.3 Å². The molecule has 1 atom stereocenters. The fraction of sp³-hybridized carbons (Fsp3) is 0.222. The summed E-state index contributed by atoms with van der Waals surface area (Å²) in [4.78, 5) is 47.1. The van der Waals surface area contributed by atoms with Crippen molar-refractivity contribution >= 4 is 34.8 Å². The van der Waals surface area contributed by atoms with E-state index in [9.17, 15) is 14.4 Å². The van der Waals surface area contributed by atoms with E-state index < -0.39 is 5.97 Å². The number of likely N-dealkylation sites (N-methyl/N-ethyl adjacent to an activating group) is 1. The summed E-state index contributed by atoms with van der Waals surface area (Å²) in [6.07, 6.45) is 4.78. The fourth-order valence-corrected chi connectivity index (χ4v) is 5.73. The van der Waals surface area contributed by atoms with Crippen molar-refractivity contribution in [2.45, 2.75) is 18.9 Å². The summed E-state index contributed by atoms with van der Waals surface area (Å²) in [5.74, 6) is -0.184. The number of hydrogen-bond acceptors (Lipinski definition) is 7. The Kier molecular flexibility index (Phi) is 6.64. The molecule has 13 heteroatoms. The zero-order valence-electron chi connectivity index (χ0n) is 21.6. The Morgan fingerprint density at radius 2 is 2.02 bits per heavy atom. The maximum atomic E-state index is 13.4. The number of hydrogen-bond donors (Lipinski definition) is 2. The molecule has 40 heavy (non-hydrogen) atoms. The Bertz CT molecular complexity index is 1780. The molecule has 0 saturated heterocycles. The van der Waals surface area contributed by atoms with Gasteiger partial charge in [0.25, 0.3) is 11.5 Å². The number of pyridine rings is 1. The highest BCUT2D eigenvalue weighted by Gasteiger charge is 2.28. The summed E-state index contributed by atoms with van der Waals surface area (Å²) in [7, 11) is 3.20. The molecule has 0 aliphatic carbocycles. The number of aromatic amines is 2. The van der Waals surface area contributed by atoms with E-state index in [4.69, 9.17) is 16.3 Å². The number of thiophene rings is 1. The predicted molar refractivity (Wildman–Crippen MR) is 150 cm³/mol. The zero-order valence-corrected chi connectivity index (χ0v) is 23.1. The first kappa shape index (κ1) is 25.8. The minimum atomic E-state index is -0.557. The number of H-pyrrole nitrogens is 2. The van der Waals surface area contributed by atoms with E-state index in [1.54, 1.807) is 54.1 Å². The summed E-state index contributed by atoms with van der Waals surface area (Å²) < 4.78 is 8.66. The first-order chi connectivity index (χ1) is 19.3. The number of halogens is 1. The normalized spacial score (nSPS) is 14.3. The van der Waals surface area contributed by atoms with Gasteiger partial charge in [-0.05, 0) is 48.7 Å². The van der Waals surface area contributed by atoms with Crippen molar-refractivity contribution in [2.24, 2.45) is 0 Å². The van der Waals surface area contributed by atoms with Crippen LogP contribution in [0.1, 0.15) is 33.7 Å². The second-order valence-electron chi connectivity index (χ2n) is 9.62. The molecule has 1 amide bonds. The van der Waals surface area contributed by atoms with Crippen LogP contribution in [0.15, 0.2) is 59.1 Å². The van der Waals surface area contributed by atoms with Crippen molar-refractivity contribution in [3.8, 4) is 28.1 Å². The third-order valence-electron chi connectivity index (χ3n) is 6.85. The molecular weight excluding hydrogens is 554 g/mol. The Balaban J connectivity index is 1.24. The molecule has 0 spiro atoms. The number of nitrogens with zero attached hydrogens (tertiary/aromatic N) is 5. The smallest absolute Gasteiger partial charge is 0.348 e. The molecule has 5 aromatic rings. The third kappa shape index (κ3) is 4.75.